The number of aryl methyl sites for hydroxylation is 2. The highest BCUT2D eigenvalue weighted by molar-refractivity contribution is 7.89. The van der Waals surface area contributed by atoms with Crippen molar-refractivity contribution >= 4 is 15.9 Å². The molecule has 1 atom stereocenters. The number of nitrogens with zero attached hydrogens (tertiary/aromatic N) is 3. The molecule has 0 bridgehead atoms. The molecule has 2 rings (SSSR count). The number of hydrogen-bond acceptors (Lipinski definition) is 6. The number of aromatic nitrogens is 1. The molecule has 2 heterocycles. The van der Waals surface area contributed by atoms with Gasteiger partial charge >= 0.3 is 0 Å². The van der Waals surface area contributed by atoms with Gasteiger partial charge in [-0.05, 0) is 27.2 Å². The third kappa shape index (κ3) is 4.39. The van der Waals surface area contributed by atoms with Crippen LogP contribution in [-0.2, 0) is 19.6 Å². The van der Waals surface area contributed by atoms with Crippen LogP contribution < -0.4 is 0 Å². The van der Waals surface area contributed by atoms with Gasteiger partial charge in [-0.25, -0.2) is 8.42 Å². The maximum Gasteiger partial charge on any atom is 0.251 e. The highest BCUT2D eigenvalue weighted by Crippen LogP contribution is 2.24. The molecule has 1 saturated heterocycles. The zero-order valence-electron chi connectivity index (χ0n) is 15.3. The quantitative estimate of drug-likeness (QED) is 0.670. The number of carbonyl (C=O) groups excluding carboxylic acids is 1. The van der Waals surface area contributed by atoms with Crippen LogP contribution in [0, 0.1) is 13.8 Å². The zero-order chi connectivity index (χ0) is 18.6. The molecule has 0 N–H and O–H groups in total. The second-order valence-corrected chi connectivity index (χ2v) is 8.12. The van der Waals surface area contributed by atoms with Gasteiger partial charge in [-0.3, -0.25) is 4.79 Å². The van der Waals surface area contributed by atoms with Crippen molar-refractivity contribution in [2.24, 2.45) is 0 Å². The summed E-state index contributed by atoms with van der Waals surface area (Å²) in [6.45, 7) is 8.76. The minimum absolute atomic E-state index is 0.0921. The van der Waals surface area contributed by atoms with E-state index in [-0.39, 0.29) is 29.7 Å². The molecule has 1 unspecified atom stereocenters. The molecule has 9 heteroatoms. The Kier molecular flexibility index (Phi) is 6.59. The van der Waals surface area contributed by atoms with Crippen LogP contribution in [0.1, 0.15) is 38.1 Å². The molecule has 1 aliphatic heterocycles. The molecule has 1 aliphatic rings. The topological polar surface area (TPSA) is 93.0 Å². The van der Waals surface area contributed by atoms with Gasteiger partial charge in [0.05, 0.1) is 0 Å². The van der Waals surface area contributed by atoms with Crippen LogP contribution in [0.3, 0.4) is 0 Å². The predicted octanol–water partition coefficient (Wildman–Crippen LogP) is 1.33. The van der Waals surface area contributed by atoms with Gasteiger partial charge in [-0.1, -0.05) is 18.5 Å². The Morgan fingerprint density at radius 2 is 1.92 bits per heavy atom. The lowest BCUT2D eigenvalue weighted by molar-refractivity contribution is -0.143. The molecule has 1 aromatic heterocycles. The number of rotatable bonds is 7. The first-order chi connectivity index (χ1) is 11.8. The van der Waals surface area contributed by atoms with E-state index in [0.717, 1.165) is 12.8 Å². The third-order valence-electron chi connectivity index (χ3n) is 4.33. The second-order valence-electron chi connectivity index (χ2n) is 6.25. The lowest BCUT2D eigenvalue weighted by atomic mass is 10.3. The Morgan fingerprint density at radius 3 is 2.44 bits per heavy atom. The van der Waals surface area contributed by atoms with Crippen LogP contribution in [-0.4, -0.2) is 67.6 Å². The van der Waals surface area contributed by atoms with Gasteiger partial charge in [-0.2, -0.15) is 4.31 Å². The van der Waals surface area contributed by atoms with Gasteiger partial charge in [0, 0.05) is 32.8 Å². The fourth-order valence-corrected chi connectivity index (χ4v) is 4.57. The van der Waals surface area contributed by atoms with Gasteiger partial charge in [0.2, 0.25) is 10.0 Å². The molecule has 0 aliphatic carbocycles. The van der Waals surface area contributed by atoms with Crippen molar-refractivity contribution in [1.82, 2.24) is 14.4 Å². The van der Waals surface area contributed by atoms with Crippen LogP contribution in [0.2, 0.25) is 0 Å². The van der Waals surface area contributed by atoms with E-state index in [9.17, 15) is 13.2 Å². The maximum absolute atomic E-state index is 12.8. The molecular weight excluding hydrogens is 346 g/mol. The summed E-state index contributed by atoms with van der Waals surface area (Å²) in [5, 5.41) is 3.72. The molecule has 0 spiro atoms. The summed E-state index contributed by atoms with van der Waals surface area (Å²) in [4.78, 5) is 14.2. The second kappa shape index (κ2) is 8.29. The first kappa shape index (κ1) is 19.9. The SMILES string of the molecule is CCCCOC(C)C(=O)N1CCN(S(=O)(=O)c2c(C)noc2C)CC1. The standard InChI is InChI=1S/C16H27N3O5S/c1-5-6-11-23-14(4)16(20)18-7-9-19(10-8-18)25(21,22)15-12(2)17-24-13(15)3/h14H,5-11H2,1-4H3. The summed E-state index contributed by atoms with van der Waals surface area (Å²) >= 11 is 0. The lowest BCUT2D eigenvalue weighted by Crippen LogP contribution is -2.52. The average Bonchev–Trinajstić information content (AvgIpc) is 2.93. The van der Waals surface area contributed by atoms with Crippen LogP contribution in [0.5, 0.6) is 0 Å². The molecule has 1 aromatic rings. The van der Waals surface area contributed by atoms with Crippen LogP contribution in [0.15, 0.2) is 9.42 Å². The molecule has 0 aromatic carbocycles. The molecular formula is C16H27N3O5S. The van der Waals surface area contributed by atoms with Crippen LogP contribution in [0.4, 0.5) is 0 Å². The van der Waals surface area contributed by atoms with E-state index < -0.39 is 16.1 Å². The highest BCUT2D eigenvalue weighted by Gasteiger charge is 2.35. The summed E-state index contributed by atoms with van der Waals surface area (Å²) < 4.78 is 37.4. The van der Waals surface area contributed by atoms with E-state index in [1.165, 1.54) is 4.31 Å². The third-order valence-corrected chi connectivity index (χ3v) is 6.47. The Morgan fingerprint density at radius 1 is 1.28 bits per heavy atom. The Balaban J connectivity index is 1.96. The number of ether oxygens (including phenoxy) is 1. The fraction of sp³-hybridized carbons (Fsp3) is 0.750. The molecule has 8 nitrogen and oxygen atoms in total. The number of piperazine rings is 1. The zero-order valence-corrected chi connectivity index (χ0v) is 16.1. The van der Waals surface area contributed by atoms with Gasteiger partial charge in [0.15, 0.2) is 5.76 Å². The van der Waals surface area contributed by atoms with Crippen molar-refractivity contribution < 1.29 is 22.5 Å². The number of hydrogen-bond donors (Lipinski definition) is 0. The number of sulfonamides is 1. The Hall–Kier alpha value is -1.45. The first-order valence-corrected chi connectivity index (χ1v) is 10.1. The smallest absolute Gasteiger partial charge is 0.251 e. The number of amides is 1. The largest absolute Gasteiger partial charge is 0.369 e. The van der Waals surface area contributed by atoms with Crippen molar-refractivity contribution in [1.29, 1.82) is 0 Å². The summed E-state index contributed by atoms with van der Waals surface area (Å²) in [5.74, 6) is 0.194. The van der Waals surface area contributed by atoms with Gasteiger partial charge in [0.1, 0.15) is 16.7 Å². The summed E-state index contributed by atoms with van der Waals surface area (Å²) in [7, 11) is -3.66. The maximum atomic E-state index is 12.8. The molecule has 142 valence electrons. The lowest BCUT2D eigenvalue weighted by Gasteiger charge is -2.35. The minimum atomic E-state index is -3.66. The van der Waals surface area contributed by atoms with E-state index in [1.807, 2.05) is 0 Å². The van der Waals surface area contributed by atoms with Crippen LogP contribution >= 0.6 is 0 Å². The first-order valence-electron chi connectivity index (χ1n) is 8.62. The van der Waals surface area contributed by atoms with E-state index >= 15 is 0 Å². The monoisotopic (exact) mass is 373 g/mol. The van der Waals surface area contributed by atoms with Crippen LogP contribution in [0.25, 0.3) is 0 Å². The average molecular weight is 373 g/mol. The molecule has 1 fully saturated rings. The van der Waals surface area contributed by atoms with E-state index in [2.05, 4.69) is 12.1 Å². The molecule has 0 saturated carbocycles. The van der Waals surface area contributed by atoms with Crippen molar-refractivity contribution in [2.45, 2.75) is 51.5 Å². The van der Waals surface area contributed by atoms with Crippen molar-refractivity contribution in [3.63, 3.8) is 0 Å². The number of unbranched alkanes of at least 4 members (excludes halogenated alkanes) is 1. The summed E-state index contributed by atoms with van der Waals surface area (Å²) in [5.41, 5.74) is 0.356. The molecule has 1 amide bonds. The van der Waals surface area contributed by atoms with Gasteiger partial charge in [0.25, 0.3) is 5.91 Å². The normalized spacial score (nSPS) is 17.7. The molecule has 0 radical (unpaired) electrons. The van der Waals surface area contributed by atoms with Crippen molar-refractivity contribution in [2.75, 3.05) is 32.8 Å². The highest BCUT2D eigenvalue weighted by atomic mass is 32.2. The number of carbonyl (C=O) groups is 1. The van der Waals surface area contributed by atoms with E-state index in [4.69, 9.17) is 9.26 Å². The Bertz CT molecular complexity index is 673. The van der Waals surface area contributed by atoms with Crippen molar-refractivity contribution in [3.8, 4) is 0 Å². The summed E-state index contributed by atoms with van der Waals surface area (Å²) in [6, 6.07) is 0. The van der Waals surface area contributed by atoms with Crippen molar-refractivity contribution in [3.05, 3.63) is 11.5 Å². The fourth-order valence-electron chi connectivity index (χ4n) is 2.85. The van der Waals surface area contributed by atoms with Gasteiger partial charge < -0.3 is 14.2 Å². The minimum Gasteiger partial charge on any atom is -0.369 e. The molecule has 25 heavy (non-hydrogen) atoms. The predicted molar refractivity (Wildman–Crippen MR) is 91.6 cm³/mol. The van der Waals surface area contributed by atoms with E-state index in [0.29, 0.717) is 25.4 Å². The summed E-state index contributed by atoms with van der Waals surface area (Å²) in [6.07, 6.45) is 1.43. The van der Waals surface area contributed by atoms with E-state index in [1.54, 1.807) is 25.7 Å². The Labute approximate surface area is 149 Å². The van der Waals surface area contributed by atoms with Gasteiger partial charge in [-0.15, -0.1) is 0 Å².